The normalized spacial score (nSPS) is 11.1. The summed E-state index contributed by atoms with van der Waals surface area (Å²) in [6.45, 7) is 2.10. The van der Waals surface area contributed by atoms with E-state index >= 15 is 0 Å². The molecule has 0 saturated carbocycles. The molecular weight excluding hydrogens is 254 g/mol. The molecule has 1 aromatic heterocycles. The van der Waals surface area contributed by atoms with Crippen molar-refractivity contribution in [2.75, 3.05) is 0 Å². The van der Waals surface area contributed by atoms with Crippen molar-refractivity contribution in [2.24, 2.45) is 0 Å². The van der Waals surface area contributed by atoms with E-state index in [9.17, 15) is 0 Å². The number of benzene rings is 3. The van der Waals surface area contributed by atoms with Crippen LogP contribution in [-0.2, 0) is 0 Å². The van der Waals surface area contributed by atoms with Gasteiger partial charge in [0.05, 0.1) is 5.69 Å². The van der Waals surface area contributed by atoms with Gasteiger partial charge in [0.15, 0.2) is 0 Å². The Kier molecular flexibility index (Phi) is 2.71. The van der Waals surface area contributed by atoms with E-state index in [-0.39, 0.29) is 0 Å². The van der Waals surface area contributed by atoms with E-state index in [4.69, 9.17) is 0 Å². The van der Waals surface area contributed by atoms with Crippen molar-refractivity contribution < 1.29 is 0 Å². The van der Waals surface area contributed by atoms with Gasteiger partial charge >= 0.3 is 0 Å². The van der Waals surface area contributed by atoms with Crippen LogP contribution in [0.2, 0.25) is 0 Å². The lowest BCUT2D eigenvalue weighted by molar-refractivity contribution is 1.35. The Hall–Kier alpha value is -2.67. The zero-order valence-corrected chi connectivity index (χ0v) is 11.9. The quantitative estimate of drug-likeness (QED) is 0.424. The zero-order chi connectivity index (χ0) is 14.2. The van der Waals surface area contributed by atoms with Crippen molar-refractivity contribution in [1.29, 1.82) is 0 Å². The van der Waals surface area contributed by atoms with E-state index in [0.717, 1.165) is 11.3 Å². The summed E-state index contributed by atoms with van der Waals surface area (Å²) in [5.41, 5.74) is 3.46. The maximum Gasteiger partial charge on any atom is 0.0708 e. The molecule has 0 atom stereocenters. The first-order valence-electron chi connectivity index (χ1n) is 7.16. The average molecular weight is 269 g/mol. The van der Waals surface area contributed by atoms with Crippen LogP contribution >= 0.6 is 0 Å². The summed E-state index contributed by atoms with van der Waals surface area (Å²) in [7, 11) is 0. The monoisotopic (exact) mass is 269 g/mol. The number of hydrogen-bond acceptors (Lipinski definition) is 1. The smallest absolute Gasteiger partial charge is 0.0708 e. The topological polar surface area (TPSA) is 12.9 Å². The number of aromatic nitrogens is 1. The van der Waals surface area contributed by atoms with Gasteiger partial charge < -0.3 is 0 Å². The fraction of sp³-hybridized carbons (Fsp3) is 0.0500. The molecule has 1 heterocycles. The first-order valence-corrected chi connectivity index (χ1v) is 7.16. The van der Waals surface area contributed by atoms with Crippen LogP contribution < -0.4 is 0 Å². The van der Waals surface area contributed by atoms with Crippen molar-refractivity contribution in [3.63, 3.8) is 0 Å². The molecule has 4 aromatic rings. The van der Waals surface area contributed by atoms with Gasteiger partial charge in [-0.25, -0.2) is 0 Å². The van der Waals surface area contributed by atoms with Gasteiger partial charge in [0.1, 0.15) is 0 Å². The SMILES string of the molecule is Cc1ccc(-c2cc3c(ccc4ccccc43)cn2)cc1. The Labute approximate surface area is 123 Å². The Balaban J connectivity index is 2.00. The van der Waals surface area contributed by atoms with E-state index in [1.165, 1.54) is 27.1 Å². The molecule has 0 aliphatic heterocycles. The van der Waals surface area contributed by atoms with Crippen molar-refractivity contribution in [1.82, 2.24) is 4.98 Å². The third kappa shape index (κ3) is 2.07. The van der Waals surface area contributed by atoms with E-state index < -0.39 is 0 Å². The van der Waals surface area contributed by atoms with Crippen LogP contribution in [0.5, 0.6) is 0 Å². The highest BCUT2D eigenvalue weighted by molar-refractivity contribution is 6.08. The molecule has 0 saturated heterocycles. The summed E-state index contributed by atoms with van der Waals surface area (Å²) < 4.78 is 0. The lowest BCUT2D eigenvalue weighted by Gasteiger charge is -2.07. The third-order valence-corrected chi connectivity index (χ3v) is 3.98. The number of pyridine rings is 1. The van der Waals surface area contributed by atoms with E-state index in [1.54, 1.807) is 0 Å². The summed E-state index contributed by atoms with van der Waals surface area (Å²) in [6.07, 6.45) is 1.97. The van der Waals surface area contributed by atoms with Gasteiger partial charge in [-0.15, -0.1) is 0 Å². The van der Waals surface area contributed by atoms with Crippen LogP contribution in [0.15, 0.2) is 72.9 Å². The van der Waals surface area contributed by atoms with Crippen LogP contribution in [-0.4, -0.2) is 4.98 Å². The molecule has 0 aliphatic carbocycles. The Morgan fingerprint density at radius 2 is 1.48 bits per heavy atom. The van der Waals surface area contributed by atoms with Crippen LogP contribution in [0.4, 0.5) is 0 Å². The summed E-state index contributed by atoms with van der Waals surface area (Å²) in [5, 5.41) is 5.00. The summed E-state index contributed by atoms with van der Waals surface area (Å²) in [4.78, 5) is 4.61. The predicted octanol–water partition coefficient (Wildman–Crippen LogP) is 5.36. The van der Waals surface area contributed by atoms with Crippen molar-refractivity contribution >= 4 is 21.5 Å². The number of nitrogens with zero attached hydrogens (tertiary/aromatic N) is 1. The van der Waals surface area contributed by atoms with Crippen molar-refractivity contribution in [3.05, 3.63) is 78.5 Å². The van der Waals surface area contributed by atoms with Crippen LogP contribution in [0.3, 0.4) is 0 Å². The average Bonchev–Trinajstić information content (AvgIpc) is 2.55. The number of aryl methyl sites for hydroxylation is 1. The molecule has 1 nitrogen and oxygen atoms in total. The van der Waals surface area contributed by atoms with Crippen molar-refractivity contribution in [2.45, 2.75) is 6.92 Å². The lowest BCUT2D eigenvalue weighted by Crippen LogP contribution is -1.85. The van der Waals surface area contributed by atoms with Crippen LogP contribution in [0.1, 0.15) is 5.56 Å². The molecule has 0 fully saturated rings. The summed E-state index contributed by atoms with van der Waals surface area (Å²) in [6, 6.07) is 23.5. The van der Waals surface area contributed by atoms with Gasteiger partial charge in [0, 0.05) is 17.1 Å². The van der Waals surface area contributed by atoms with E-state index in [0.29, 0.717) is 0 Å². The molecular formula is C20H15N. The predicted molar refractivity (Wildman–Crippen MR) is 89.4 cm³/mol. The lowest BCUT2D eigenvalue weighted by atomic mass is 10.0. The van der Waals surface area contributed by atoms with Gasteiger partial charge in [0.25, 0.3) is 0 Å². The highest BCUT2D eigenvalue weighted by Gasteiger charge is 2.04. The Morgan fingerprint density at radius 3 is 2.33 bits per heavy atom. The maximum atomic E-state index is 4.61. The molecule has 3 aromatic carbocycles. The zero-order valence-electron chi connectivity index (χ0n) is 11.9. The third-order valence-electron chi connectivity index (χ3n) is 3.98. The molecule has 21 heavy (non-hydrogen) atoms. The minimum absolute atomic E-state index is 1.03. The Morgan fingerprint density at radius 1 is 0.714 bits per heavy atom. The molecule has 0 amide bonds. The number of hydrogen-bond donors (Lipinski definition) is 0. The van der Waals surface area contributed by atoms with E-state index in [2.05, 4.69) is 78.6 Å². The molecule has 0 radical (unpaired) electrons. The molecule has 1 heteroatoms. The fourth-order valence-corrected chi connectivity index (χ4v) is 2.78. The maximum absolute atomic E-state index is 4.61. The highest BCUT2D eigenvalue weighted by Crippen LogP contribution is 2.28. The second kappa shape index (κ2) is 4.71. The second-order valence-electron chi connectivity index (χ2n) is 5.44. The molecule has 4 rings (SSSR count). The fourth-order valence-electron chi connectivity index (χ4n) is 2.78. The van der Waals surface area contributed by atoms with E-state index in [1.807, 2.05) is 6.20 Å². The molecule has 0 bridgehead atoms. The first kappa shape index (κ1) is 12.1. The minimum atomic E-state index is 1.03. The first-order chi connectivity index (χ1) is 10.3. The molecule has 0 aliphatic rings. The Bertz CT molecular complexity index is 937. The van der Waals surface area contributed by atoms with Crippen molar-refractivity contribution in [3.8, 4) is 11.3 Å². The standard InChI is InChI=1S/C20H15N/c1-14-6-8-16(9-7-14)20-12-19-17(13-21-20)11-10-15-4-2-3-5-18(15)19/h2-13H,1H3. The highest BCUT2D eigenvalue weighted by atomic mass is 14.7. The van der Waals surface area contributed by atoms with Gasteiger partial charge in [0.2, 0.25) is 0 Å². The van der Waals surface area contributed by atoms with Crippen LogP contribution in [0, 0.1) is 6.92 Å². The van der Waals surface area contributed by atoms with Gasteiger partial charge in [-0.05, 0) is 29.1 Å². The van der Waals surface area contributed by atoms with Gasteiger partial charge in [-0.3, -0.25) is 4.98 Å². The molecule has 100 valence electrons. The van der Waals surface area contributed by atoms with Gasteiger partial charge in [-0.2, -0.15) is 0 Å². The van der Waals surface area contributed by atoms with Crippen LogP contribution in [0.25, 0.3) is 32.8 Å². The molecule has 0 spiro atoms. The minimum Gasteiger partial charge on any atom is -0.256 e. The molecule has 0 unspecified atom stereocenters. The van der Waals surface area contributed by atoms with Gasteiger partial charge in [-0.1, -0.05) is 66.2 Å². The largest absolute Gasteiger partial charge is 0.256 e. The summed E-state index contributed by atoms with van der Waals surface area (Å²) >= 11 is 0. The number of fused-ring (bicyclic) bond motifs is 3. The second-order valence-corrected chi connectivity index (χ2v) is 5.44. The number of rotatable bonds is 1. The molecule has 0 N–H and O–H groups in total. The summed E-state index contributed by atoms with van der Waals surface area (Å²) in [5.74, 6) is 0.